The number of rotatable bonds is 5. The first kappa shape index (κ1) is 15.3. The van der Waals surface area contributed by atoms with Crippen LogP contribution in [0.1, 0.15) is 15.9 Å². The van der Waals surface area contributed by atoms with Crippen LogP contribution in [0.3, 0.4) is 0 Å². The Morgan fingerprint density at radius 2 is 1.83 bits per heavy atom. The van der Waals surface area contributed by atoms with E-state index in [0.717, 1.165) is 11.1 Å². The van der Waals surface area contributed by atoms with Crippen molar-refractivity contribution in [1.29, 1.82) is 0 Å². The topological polar surface area (TPSA) is 48.3 Å². The van der Waals surface area contributed by atoms with Crippen LogP contribution in [-0.4, -0.2) is 22.7 Å². The van der Waals surface area contributed by atoms with E-state index in [1.54, 1.807) is 12.3 Å². The van der Waals surface area contributed by atoms with Crippen molar-refractivity contribution in [3.05, 3.63) is 65.9 Å². The van der Waals surface area contributed by atoms with Gasteiger partial charge in [-0.15, -0.1) is 0 Å². The molecule has 0 saturated heterocycles. The van der Waals surface area contributed by atoms with Crippen LogP contribution in [0, 0.1) is 0 Å². The van der Waals surface area contributed by atoms with Crippen molar-refractivity contribution in [2.75, 3.05) is 7.11 Å². The molecular weight excluding hydrogens is 314 g/mol. The molecule has 0 radical (unpaired) electrons. The van der Waals surface area contributed by atoms with E-state index in [1.165, 1.54) is 7.11 Å². The minimum atomic E-state index is -1.00. The van der Waals surface area contributed by atoms with Crippen LogP contribution >= 0.6 is 11.6 Å². The third-order valence-electron chi connectivity index (χ3n) is 3.71. The standard InChI is InChI=1S/C18H14ClNO3/c1-23-15-9-5-8-14-16(15)13(17(21)18(19)22)11-20(14)10-12-6-3-2-4-7-12/h2-9,11H,10H2,1H3. The van der Waals surface area contributed by atoms with Crippen LogP contribution < -0.4 is 4.74 Å². The highest BCUT2D eigenvalue weighted by Gasteiger charge is 2.22. The SMILES string of the molecule is COc1cccc2c1c(C(=O)C(=O)Cl)cn2Cc1ccccc1. The summed E-state index contributed by atoms with van der Waals surface area (Å²) in [6.07, 6.45) is 1.66. The molecule has 3 aromatic rings. The summed E-state index contributed by atoms with van der Waals surface area (Å²) in [5, 5.41) is -0.403. The maximum Gasteiger partial charge on any atom is 0.293 e. The molecule has 0 amide bonds. The van der Waals surface area contributed by atoms with Gasteiger partial charge < -0.3 is 9.30 Å². The van der Waals surface area contributed by atoms with Crippen LogP contribution in [-0.2, 0) is 11.3 Å². The number of methoxy groups -OCH3 is 1. The molecule has 0 atom stereocenters. The van der Waals surface area contributed by atoms with Crippen LogP contribution in [0.4, 0.5) is 0 Å². The molecule has 116 valence electrons. The lowest BCUT2D eigenvalue weighted by Crippen LogP contribution is -2.07. The molecule has 5 heteroatoms. The van der Waals surface area contributed by atoms with Crippen molar-refractivity contribution in [1.82, 2.24) is 4.57 Å². The second kappa shape index (κ2) is 6.26. The van der Waals surface area contributed by atoms with Gasteiger partial charge in [0.05, 0.1) is 23.6 Å². The third-order valence-corrected chi connectivity index (χ3v) is 3.88. The molecule has 0 saturated carbocycles. The number of hydrogen-bond acceptors (Lipinski definition) is 3. The fourth-order valence-corrected chi connectivity index (χ4v) is 2.78. The van der Waals surface area contributed by atoms with Crippen LogP contribution in [0.2, 0.25) is 0 Å². The number of benzene rings is 2. The van der Waals surface area contributed by atoms with Crippen LogP contribution in [0.5, 0.6) is 5.75 Å². The lowest BCUT2D eigenvalue weighted by Gasteiger charge is -2.07. The van der Waals surface area contributed by atoms with E-state index in [4.69, 9.17) is 16.3 Å². The number of hydrogen-bond donors (Lipinski definition) is 0. The minimum absolute atomic E-state index is 0.258. The number of nitrogens with zero attached hydrogens (tertiary/aromatic N) is 1. The van der Waals surface area contributed by atoms with Gasteiger partial charge in [-0.05, 0) is 29.3 Å². The molecule has 0 bridgehead atoms. The van der Waals surface area contributed by atoms with Gasteiger partial charge in [0, 0.05) is 12.7 Å². The number of ketones is 1. The Hall–Kier alpha value is -2.59. The van der Waals surface area contributed by atoms with E-state index >= 15 is 0 Å². The smallest absolute Gasteiger partial charge is 0.293 e. The maximum atomic E-state index is 12.1. The van der Waals surface area contributed by atoms with Crippen molar-refractivity contribution >= 4 is 33.5 Å². The van der Waals surface area contributed by atoms with Crippen molar-refractivity contribution in [2.45, 2.75) is 6.54 Å². The summed E-state index contributed by atoms with van der Waals surface area (Å²) >= 11 is 5.39. The predicted molar refractivity (Wildman–Crippen MR) is 89.2 cm³/mol. The molecule has 1 aromatic heterocycles. The second-order valence-electron chi connectivity index (χ2n) is 5.11. The summed E-state index contributed by atoms with van der Waals surface area (Å²) in [6, 6.07) is 15.3. The molecule has 0 unspecified atom stereocenters. The van der Waals surface area contributed by atoms with Gasteiger partial charge in [-0.3, -0.25) is 9.59 Å². The minimum Gasteiger partial charge on any atom is -0.496 e. The molecule has 0 aliphatic carbocycles. The van der Waals surface area contributed by atoms with Crippen molar-refractivity contribution in [2.24, 2.45) is 0 Å². The normalized spacial score (nSPS) is 10.7. The van der Waals surface area contributed by atoms with Crippen molar-refractivity contribution in [3.63, 3.8) is 0 Å². The zero-order valence-corrected chi connectivity index (χ0v) is 13.2. The first-order valence-corrected chi connectivity index (χ1v) is 7.43. The Kier molecular flexibility index (Phi) is 4.17. The lowest BCUT2D eigenvalue weighted by atomic mass is 10.1. The molecule has 3 rings (SSSR count). The van der Waals surface area contributed by atoms with Gasteiger partial charge in [-0.1, -0.05) is 36.4 Å². The highest BCUT2D eigenvalue weighted by Crippen LogP contribution is 2.31. The average Bonchev–Trinajstić information content (AvgIpc) is 2.93. The number of halogens is 1. The van der Waals surface area contributed by atoms with Gasteiger partial charge in [0.2, 0.25) is 5.78 Å². The van der Waals surface area contributed by atoms with Crippen molar-refractivity contribution < 1.29 is 14.3 Å². The predicted octanol–water partition coefficient (Wildman–Crippen LogP) is 3.65. The van der Waals surface area contributed by atoms with Gasteiger partial charge >= 0.3 is 0 Å². The van der Waals surface area contributed by atoms with E-state index in [2.05, 4.69) is 0 Å². The molecule has 23 heavy (non-hydrogen) atoms. The fourth-order valence-electron chi connectivity index (χ4n) is 2.68. The summed E-state index contributed by atoms with van der Waals surface area (Å²) in [7, 11) is 1.53. The molecule has 0 fully saturated rings. The molecule has 0 aliphatic heterocycles. The summed E-state index contributed by atoms with van der Waals surface area (Å²) in [5.74, 6) is -0.191. The summed E-state index contributed by atoms with van der Waals surface area (Å²) in [4.78, 5) is 23.5. The average molecular weight is 328 g/mol. The Morgan fingerprint density at radius 1 is 1.09 bits per heavy atom. The van der Waals surface area contributed by atoms with E-state index < -0.39 is 11.0 Å². The maximum absolute atomic E-state index is 12.1. The largest absolute Gasteiger partial charge is 0.496 e. The fraction of sp³-hybridized carbons (Fsp3) is 0.111. The monoisotopic (exact) mass is 327 g/mol. The van der Waals surface area contributed by atoms with Gasteiger partial charge in [-0.2, -0.15) is 0 Å². The number of fused-ring (bicyclic) bond motifs is 1. The third kappa shape index (κ3) is 2.85. The molecule has 0 aliphatic rings. The Morgan fingerprint density at radius 3 is 2.48 bits per heavy atom. The van der Waals surface area contributed by atoms with E-state index in [1.807, 2.05) is 47.0 Å². The zero-order valence-electron chi connectivity index (χ0n) is 12.5. The number of ether oxygens (including phenoxy) is 1. The van der Waals surface area contributed by atoms with Gasteiger partial charge in [-0.25, -0.2) is 0 Å². The van der Waals surface area contributed by atoms with E-state index in [-0.39, 0.29) is 5.56 Å². The Balaban J connectivity index is 2.19. The zero-order chi connectivity index (χ0) is 16.4. The summed E-state index contributed by atoms with van der Waals surface area (Å²) in [6.45, 7) is 0.578. The van der Waals surface area contributed by atoms with Gasteiger partial charge in [0.15, 0.2) is 0 Å². The molecule has 4 nitrogen and oxygen atoms in total. The van der Waals surface area contributed by atoms with Gasteiger partial charge in [0.25, 0.3) is 5.24 Å². The highest BCUT2D eigenvalue weighted by molar-refractivity contribution is 6.83. The van der Waals surface area contributed by atoms with E-state index in [9.17, 15) is 9.59 Å². The highest BCUT2D eigenvalue weighted by atomic mass is 35.5. The lowest BCUT2D eigenvalue weighted by molar-refractivity contribution is -0.108. The molecular formula is C18H14ClNO3. The summed E-state index contributed by atoms with van der Waals surface area (Å²) < 4.78 is 7.26. The summed E-state index contributed by atoms with van der Waals surface area (Å²) in [5.41, 5.74) is 2.16. The number of carbonyl (C=O) groups excluding carboxylic acids is 2. The first-order chi connectivity index (χ1) is 11.1. The van der Waals surface area contributed by atoms with E-state index in [0.29, 0.717) is 17.7 Å². The first-order valence-electron chi connectivity index (χ1n) is 7.05. The number of Topliss-reactive ketones (excluding diaryl/α,β-unsaturated/α-hetero) is 1. The number of carbonyl (C=O) groups is 2. The molecule has 0 spiro atoms. The van der Waals surface area contributed by atoms with Crippen LogP contribution in [0.15, 0.2) is 54.7 Å². The van der Waals surface area contributed by atoms with Crippen molar-refractivity contribution in [3.8, 4) is 5.75 Å². The Bertz CT molecular complexity index is 884. The van der Waals surface area contributed by atoms with Crippen LogP contribution in [0.25, 0.3) is 10.9 Å². The van der Waals surface area contributed by atoms with Gasteiger partial charge in [0.1, 0.15) is 5.75 Å². The second-order valence-corrected chi connectivity index (χ2v) is 5.46. The quantitative estimate of drug-likeness (QED) is 0.408. The molecule has 2 aromatic carbocycles. The Labute approximate surface area is 138 Å². The molecule has 1 heterocycles. The number of aromatic nitrogens is 1. The molecule has 0 N–H and O–H groups in total.